The van der Waals surface area contributed by atoms with Gasteiger partial charge in [-0.1, -0.05) is 6.92 Å². The van der Waals surface area contributed by atoms with Crippen molar-refractivity contribution in [2.45, 2.75) is 33.3 Å². The highest BCUT2D eigenvalue weighted by molar-refractivity contribution is 5.94. The quantitative estimate of drug-likeness (QED) is 0.812. The summed E-state index contributed by atoms with van der Waals surface area (Å²) in [6.07, 6.45) is 2.84. The number of aryl methyl sites for hydroxylation is 1. The molecule has 0 unspecified atom stereocenters. The summed E-state index contributed by atoms with van der Waals surface area (Å²) in [6.45, 7) is 9.46. The minimum absolute atomic E-state index is 0.0134. The van der Waals surface area contributed by atoms with Crippen LogP contribution in [-0.2, 0) is 11.2 Å². The van der Waals surface area contributed by atoms with Gasteiger partial charge in [0.15, 0.2) is 5.78 Å². The summed E-state index contributed by atoms with van der Waals surface area (Å²) in [5.74, 6) is 0.0134. The molecule has 0 spiro atoms. The van der Waals surface area contributed by atoms with Crippen LogP contribution in [0.4, 0.5) is 0 Å². The Balaban J connectivity index is 1.94. The number of morpholine rings is 1. The Labute approximate surface area is 130 Å². The van der Waals surface area contributed by atoms with E-state index >= 15 is 0 Å². The third kappa shape index (κ3) is 2.91. The number of carbonyl (C=O) groups excluding carboxylic acids is 1. The zero-order valence-corrected chi connectivity index (χ0v) is 13.5. The number of carbonyl (C=O) groups is 1. The number of imidazole rings is 1. The normalized spacial score (nSPS) is 19.7. The number of ketones is 1. The number of nitrogens with zero attached hydrogens (tertiary/aromatic N) is 3. The molecule has 0 aromatic carbocycles. The van der Waals surface area contributed by atoms with E-state index in [1.54, 1.807) is 6.92 Å². The number of aromatic nitrogens is 2. The molecule has 2 aromatic heterocycles. The summed E-state index contributed by atoms with van der Waals surface area (Å²) >= 11 is 0. The molecule has 0 bridgehead atoms. The second-order valence-electron chi connectivity index (χ2n) is 5.99. The van der Waals surface area contributed by atoms with Crippen molar-refractivity contribution in [1.29, 1.82) is 0 Å². The van der Waals surface area contributed by atoms with E-state index in [-0.39, 0.29) is 11.9 Å². The van der Waals surface area contributed by atoms with Crippen LogP contribution in [0.15, 0.2) is 18.3 Å². The number of hydrogen-bond acceptors (Lipinski definition) is 4. The number of rotatable bonds is 4. The van der Waals surface area contributed by atoms with E-state index in [9.17, 15) is 4.79 Å². The molecular weight excluding hydrogens is 278 g/mol. The molecule has 0 N–H and O–H groups in total. The van der Waals surface area contributed by atoms with Crippen LogP contribution in [0.5, 0.6) is 0 Å². The van der Waals surface area contributed by atoms with Crippen LogP contribution in [0.1, 0.15) is 35.6 Å². The largest absolute Gasteiger partial charge is 0.375 e. The minimum Gasteiger partial charge on any atom is -0.375 e. The van der Waals surface area contributed by atoms with Crippen molar-refractivity contribution in [3.05, 3.63) is 35.3 Å². The van der Waals surface area contributed by atoms with Gasteiger partial charge in [0.05, 0.1) is 18.4 Å². The Hall–Kier alpha value is -1.72. The monoisotopic (exact) mass is 301 g/mol. The minimum atomic E-state index is 0.0134. The number of hydrogen-bond donors (Lipinski definition) is 0. The fourth-order valence-corrected chi connectivity index (χ4v) is 3.08. The Bertz CT molecular complexity index is 693. The van der Waals surface area contributed by atoms with Gasteiger partial charge in [-0.15, -0.1) is 0 Å². The van der Waals surface area contributed by atoms with E-state index in [0.29, 0.717) is 5.69 Å². The Morgan fingerprint density at radius 2 is 2.32 bits per heavy atom. The maximum Gasteiger partial charge on any atom is 0.180 e. The summed E-state index contributed by atoms with van der Waals surface area (Å²) in [5, 5.41) is 0. The predicted molar refractivity (Wildman–Crippen MR) is 85.5 cm³/mol. The fourth-order valence-electron chi connectivity index (χ4n) is 3.08. The van der Waals surface area contributed by atoms with E-state index < -0.39 is 0 Å². The number of fused-ring (bicyclic) bond motifs is 1. The Kier molecular flexibility index (Phi) is 4.27. The van der Waals surface area contributed by atoms with Crippen molar-refractivity contribution in [3.63, 3.8) is 0 Å². The van der Waals surface area contributed by atoms with Gasteiger partial charge in [0.25, 0.3) is 0 Å². The molecule has 22 heavy (non-hydrogen) atoms. The van der Waals surface area contributed by atoms with E-state index in [4.69, 9.17) is 4.74 Å². The molecule has 0 aliphatic carbocycles. The summed E-state index contributed by atoms with van der Waals surface area (Å²) < 4.78 is 7.92. The molecule has 1 aliphatic rings. The summed E-state index contributed by atoms with van der Waals surface area (Å²) in [7, 11) is 0. The second-order valence-corrected chi connectivity index (χ2v) is 5.99. The van der Waals surface area contributed by atoms with Gasteiger partial charge >= 0.3 is 0 Å². The molecular formula is C17H23N3O2. The first-order valence-corrected chi connectivity index (χ1v) is 7.91. The molecule has 1 atom stereocenters. The van der Waals surface area contributed by atoms with E-state index in [1.165, 1.54) is 0 Å². The first kappa shape index (κ1) is 15.2. The Morgan fingerprint density at radius 3 is 3.05 bits per heavy atom. The van der Waals surface area contributed by atoms with Crippen LogP contribution in [-0.4, -0.2) is 52.4 Å². The van der Waals surface area contributed by atoms with Crippen molar-refractivity contribution in [2.24, 2.45) is 0 Å². The van der Waals surface area contributed by atoms with E-state index in [0.717, 1.165) is 49.6 Å². The van der Waals surface area contributed by atoms with Crippen LogP contribution in [0.25, 0.3) is 5.65 Å². The molecule has 3 rings (SSSR count). The van der Waals surface area contributed by atoms with Crippen molar-refractivity contribution < 1.29 is 9.53 Å². The molecule has 0 amide bonds. The van der Waals surface area contributed by atoms with Gasteiger partial charge in [0.2, 0.25) is 0 Å². The van der Waals surface area contributed by atoms with Crippen molar-refractivity contribution in [2.75, 3.05) is 26.2 Å². The van der Waals surface area contributed by atoms with Gasteiger partial charge < -0.3 is 9.14 Å². The zero-order valence-electron chi connectivity index (χ0n) is 13.5. The first-order chi connectivity index (χ1) is 10.6. The lowest BCUT2D eigenvalue weighted by Gasteiger charge is -2.32. The standard InChI is InChI=1S/C17H23N3O2/c1-4-19-7-8-22-14(11-19)10-15-17(13(3)21)18-16-9-12(2)5-6-20(15)16/h5-6,9,14H,4,7-8,10-11H2,1-3H3/t14-/m0/s1. The van der Waals surface area contributed by atoms with E-state index in [2.05, 4.69) is 16.8 Å². The molecule has 2 aromatic rings. The molecule has 0 radical (unpaired) electrons. The van der Waals surface area contributed by atoms with Gasteiger partial charge in [-0.25, -0.2) is 4.98 Å². The average molecular weight is 301 g/mol. The third-order valence-corrected chi connectivity index (χ3v) is 4.31. The molecule has 1 aliphatic heterocycles. The van der Waals surface area contributed by atoms with Crippen LogP contribution >= 0.6 is 0 Å². The maximum atomic E-state index is 12.0. The molecule has 1 saturated heterocycles. The molecule has 5 heteroatoms. The number of pyridine rings is 1. The smallest absolute Gasteiger partial charge is 0.180 e. The molecule has 5 nitrogen and oxygen atoms in total. The predicted octanol–water partition coefficient (Wildman–Crippen LogP) is 2.11. The van der Waals surface area contributed by atoms with Gasteiger partial charge in [-0.2, -0.15) is 0 Å². The van der Waals surface area contributed by atoms with Gasteiger partial charge in [0.1, 0.15) is 11.3 Å². The molecule has 118 valence electrons. The number of ether oxygens (including phenoxy) is 1. The van der Waals surface area contributed by atoms with Crippen molar-refractivity contribution >= 4 is 11.4 Å². The zero-order chi connectivity index (χ0) is 15.7. The SMILES string of the molecule is CCN1CCO[C@@H](Cc2c(C(C)=O)nc3cc(C)ccn23)C1. The van der Waals surface area contributed by atoms with Gasteiger partial charge in [0, 0.05) is 32.6 Å². The molecule has 3 heterocycles. The number of Topliss-reactive ketones (excluding diaryl/α,β-unsaturated/α-hetero) is 1. The third-order valence-electron chi connectivity index (χ3n) is 4.31. The topological polar surface area (TPSA) is 46.8 Å². The molecule has 0 saturated carbocycles. The average Bonchev–Trinajstić information content (AvgIpc) is 2.85. The lowest BCUT2D eigenvalue weighted by atomic mass is 10.1. The second kappa shape index (κ2) is 6.18. The first-order valence-electron chi connectivity index (χ1n) is 7.91. The molecule has 1 fully saturated rings. The van der Waals surface area contributed by atoms with Crippen molar-refractivity contribution in [3.8, 4) is 0 Å². The highest BCUT2D eigenvalue weighted by Gasteiger charge is 2.24. The van der Waals surface area contributed by atoms with Gasteiger partial charge in [-0.3, -0.25) is 9.69 Å². The lowest BCUT2D eigenvalue weighted by Crippen LogP contribution is -2.43. The summed E-state index contributed by atoms with van der Waals surface area (Å²) in [6, 6.07) is 4.05. The van der Waals surface area contributed by atoms with Crippen LogP contribution in [0.2, 0.25) is 0 Å². The van der Waals surface area contributed by atoms with Crippen molar-refractivity contribution in [1.82, 2.24) is 14.3 Å². The highest BCUT2D eigenvalue weighted by Crippen LogP contribution is 2.19. The van der Waals surface area contributed by atoms with Gasteiger partial charge in [-0.05, 0) is 31.2 Å². The summed E-state index contributed by atoms with van der Waals surface area (Å²) in [4.78, 5) is 18.9. The fraction of sp³-hybridized carbons (Fsp3) is 0.529. The summed E-state index contributed by atoms with van der Waals surface area (Å²) in [5.41, 5.74) is 3.52. The van der Waals surface area contributed by atoms with Crippen LogP contribution in [0, 0.1) is 6.92 Å². The van der Waals surface area contributed by atoms with E-state index in [1.807, 2.05) is 29.7 Å². The highest BCUT2D eigenvalue weighted by atomic mass is 16.5. The van der Waals surface area contributed by atoms with Crippen LogP contribution < -0.4 is 0 Å². The Morgan fingerprint density at radius 1 is 1.50 bits per heavy atom. The lowest BCUT2D eigenvalue weighted by molar-refractivity contribution is -0.0263. The van der Waals surface area contributed by atoms with Crippen LogP contribution in [0.3, 0.4) is 0 Å². The number of likely N-dealkylation sites (N-methyl/N-ethyl adjacent to an activating group) is 1. The maximum absolute atomic E-state index is 12.0.